The molecule has 1 N–H and O–H groups in total. The molecule has 0 fully saturated rings. The molecule has 1 atom stereocenters. The lowest BCUT2D eigenvalue weighted by Crippen LogP contribution is -2.22. The Bertz CT molecular complexity index is 620. The molecule has 2 aromatic rings. The number of amides is 1. The Morgan fingerprint density at radius 1 is 1.18 bits per heavy atom. The number of hydrogen-bond acceptors (Lipinski definition) is 2. The summed E-state index contributed by atoms with van der Waals surface area (Å²) in [5.41, 5.74) is 2.92. The molecule has 2 rings (SSSR count). The average Bonchev–Trinajstić information content (AvgIpc) is 2.54. The van der Waals surface area contributed by atoms with Crippen molar-refractivity contribution in [2.45, 2.75) is 39.8 Å². The van der Waals surface area contributed by atoms with Gasteiger partial charge < -0.3 is 10.1 Å². The highest BCUT2D eigenvalue weighted by Gasteiger charge is 2.08. The molecule has 3 heteroatoms. The van der Waals surface area contributed by atoms with Gasteiger partial charge in [0, 0.05) is 12.1 Å². The largest absolute Gasteiger partial charge is 0.491 e. The highest BCUT2D eigenvalue weighted by Crippen LogP contribution is 2.16. The smallest absolute Gasteiger partial charge is 0.251 e. The molecular formula is C19H23NO2. The van der Waals surface area contributed by atoms with Crippen molar-refractivity contribution in [3.8, 4) is 5.75 Å². The lowest BCUT2D eigenvalue weighted by atomic mass is 10.1. The maximum absolute atomic E-state index is 12.2. The van der Waals surface area contributed by atoms with Gasteiger partial charge in [0.25, 0.3) is 5.91 Å². The summed E-state index contributed by atoms with van der Waals surface area (Å²) in [6.07, 6.45) is 1.08. The summed E-state index contributed by atoms with van der Waals surface area (Å²) in [4.78, 5) is 12.2. The van der Waals surface area contributed by atoms with Crippen molar-refractivity contribution in [3.63, 3.8) is 0 Å². The SMILES string of the molecule is CCC(C)Oc1cccc(C(=O)NCc2ccc(C)cc2)c1. The van der Waals surface area contributed by atoms with Crippen LogP contribution in [-0.4, -0.2) is 12.0 Å². The molecule has 0 aliphatic carbocycles. The predicted octanol–water partition coefficient (Wildman–Crippen LogP) is 4.10. The molecule has 0 saturated carbocycles. The molecule has 0 spiro atoms. The van der Waals surface area contributed by atoms with Gasteiger partial charge in [0.1, 0.15) is 5.75 Å². The maximum atomic E-state index is 12.2. The highest BCUT2D eigenvalue weighted by atomic mass is 16.5. The molecule has 3 nitrogen and oxygen atoms in total. The number of hydrogen-bond donors (Lipinski definition) is 1. The second-order valence-electron chi connectivity index (χ2n) is 5.53. The summed E-state index contributed by atoms with van der Waals surface area (Å²) < 4.78 is 5.75. The lowest BCUT2D eigenvalue weighted by molar-refractivity contribution is 0.0950. The van der Waals surface area contributed by atoms with Crippen molar-refractivity contribution < 1.29 is 9.53 Å². The van der Waals surface area contributed by atoms with Gasteiger partial charge in [-0.3, -0.25) is 4.79 Å². The topological polar surface area (TPSA) is 38.3 Å². The summed E-state index contributed by atoms with van der Waals surface area (Å²) in [5, 5.41) is 2.93. The van der Waals surface area contributed by atoms with E-state index in [0.29, 0.717) is 12.1 Å². The number of ether oxygens (including phenoxy) is 1. The lowest BCUT2D eigenvalue weighted by Gasteiger charge is -2.13. The van der Waals surface area contributed by atoms with E-state index in [-0.39, 0.29) is 12.0 Å². The van der Waals surface area contributed by atoms with Gasteiger partial charge >= 0.3 is 0 Å². The van der Waals surface area contributed by atoms with E-state index >= 15 is 0 Å². The third kappa shape index (κ3) is 4.62. The molecule has 22 heavy (non-hydrogen) atoms. The van der Waals surface area contributed by atoms with E-state index in [1.807, 2.05) is 50.2 Å². The number of carbonyl (C=O) groups excluding carboxylic acids is 1. The van der Waals surface area contributed by atoms with Crippen LogP contribution in [-0.2, 0) is 6.54 Å². The van der Waals surface area contributed by atoms with E-state index < -0.39 is 0 Å². The van der Waals surface area contributed by atoms with Crippen molar-refractivity contribution in [2.24, 2.45) is 0 Å². The Hall–Kier alpha value is -2.29. The van der Waals surface area contributed by atoms with E-state index in [9.17, 15) is 4.79 Å². The molecule has 0 bridgehead atoms. The molecule has 0 radical (unpaired) electrons. The first-order valence-corrected chi connectivity index (χ1v) is 7.69. The van der Waals surface area contributed by atoms with E-state index in [1.54, 1.807) is 12.1 Å². The first-order chi connectivity index (χ1) is 10.6. The zero-order valence-electron chi connectivity index (χ0n) is 13.4. The van der Waals surface area contributed by atoms with Crippen LogP contribution in [0, 0.1) is 6.92 Å². The summed E-state index contributed by atoms with van der Waals surface area (Å²) in [7, 11) is 0. The minimum atomic E-state index is -0.0878. The number of benzene rings is 2. The number of aryl methyl sites for hydroxylation is 1. The Morgan fingerprint density at radius 2 is 1.91 bits per heavy atom. The standard InChI is InChI=1S/C19H23NO2/c1-4-15(3)22-18-7-5-6-17(12-18)19(21)20-13-16-10-8-14(2)9-11-16/h5-12,15H,4,13H2,1-3H3,(H,20,21). The second-order valence-corrected chi connectivity index (χ2v) is 5.53. The first-order valence-electron chi connectivity index (χ1n) is 7.69. The molecule has 0 saturated heterocycles. The molecule has 1 amide bonds. The van der Waals surface area contributed by atoms with Crippen LogP contribution in [0.15, 0.2) is 48.5 Å². The van der Waals surface area contributed by atoms with Crippen LogP contribution in [0.25, 0.3) is 0 Å². The predicted molar refractivity (Wildman–Crippen MR) is 89.2 cm³/mol. The highest BCUT2D eigenvalue weighted by molar-refractivity contribution is 5.94. The van der Waals surface area contributed by atoms with Gasteiger partial charge in [-0.2, -0.15) is 0 Å². The molecule has 1 unspecified atom stereocenters. The normalized spacial score (nSPS) is 11.8. The number of nitrogens with one attached hydrogen (secondary N) is 1. The van der Waals surface area contributed by atoms with Gasteiger partial charge in [0.15, 0.2) is 0 Å². The van der Waals surface area contributed by atoms with Crippen molar-refractivity contribution >= 4 is 5.91 Å². The van der Waals surface area contributed by atoms with Gasteiger partial charge in [-0.15, -0.1) is 0 Å². The molecule has 0 aromatic heterocycles. The third-order valence-corrected chi connectivity index (χ3v) is 3.58. The summed E-state index contributed by atoms with van der Waals surface area (Å²) in [6.45, 7) is 6.66. The van der Waals surface area contributed by atoms with Crippen molar-refractivity contribution in [3.05, 3.63) is 65.2 Å². The molecule has 0 aliphatic heterocycles. The Morgan fingerprint density at radius 3 is 2.59 bits per heavy atom. The number of carbonyl (C=O) groups is 1. The molecule has 0 aliphatic rings. The fourth-order valence-electron chi connectivity index (χ4n) is 2.02. The monoisotopic (exact) mass is 297 g/mol. The zero-order chi connectivity index (χ0) is 15.9. The minimum Gasteiger partial charge on any atom is -0.491 e. The Labute approximate surface area is 132 Å². The van der Waals surface area contributed by atoms with Crippen LogP contribution in [0.3, 0.4) is 0 Å². The van der Waals surface area contributed by atoms with E-state index in [1.165, 1.54) is 5.56 Å². The summed E-state index contributed by atoms with van der Waals surface area (Å²) >= 11 is 0. The second kappa shape index (κ2) is 7.64. The Balaban J connectivity index is 1.97. The van der Waals surface area contributed by atoms with Crippen molar-refractivity contribution in [2.75, 3.05) is 0 Å². The fraction of sp³-hybridized carbons (Fsp3) is 0.316. The van der Waals surface area contributed by atoms with Crippen molar-refractivity contribution in [1.82, 2.24) is 5.32 Å². The maximum Gasteiger partial charge on any atom is 0.251 e. The molecule has 116 valence electrons. The zero-order valence-corrected chi connectivity index (χ0v) is 13.4. The van der Waals surface area contributed by atoms with Crippen LogP contribution in [0.5, 0.6) is 5.75 Å². The molecule has 2 aromatic carbocycles. The van der Waals surface area contributed by atoms with Crippen LogP contribution >= 0.6 is 0 Å². The van der Waals surface area contributed by atoms with Crippen LogP contribution in [0.2, 0.25) is 0 Å². The number of rotatable bonds is 6. The first kappa shape index (κ1) is 16.1. The van der Waals surface area contributed by atoms with Gasteiger partial charge in [-0.25, -0.2) is 0 Å². The van der Waals surface area contributed by atoms with Gasteiger partial charge in [-0.05, 0) is 44.0 Å². The quantitative estimate of drug-likeness (QED) is 0.871. The van der Waals surface area contributed by atoms with Crippen LogP contribution < -0.4 is 10.1 Å². The van der Waals surface area contributed by atoms with E-state index in [0.717, 1.165) is 17.7 Å². The third-order valence-electron chi connectivity index (χ3n) is 3.58. The average molecular weight is 297 g/mol. The Kier molecular flexibility index (Phi) is 5.59. The van der Waals surface area contributed by atoms with Crippen LogP contribution in [0.1, 0.15) is 41.8 Å². The van der Waals surface area contributed by atoms with E-state index in [4.69, 9.17) is 4.74 Å². The minimum absolute atomic E-state index is 0.0878. The summed E-state index contributed by atoms with van der Waals surface area (Å²) in [6, 6.07) is 15.5. The summed E-state index contributed by atoms with van der Waals surface area (Å²) in [5.74, 6) is 0.646. The molecule has 0 heterocycles. The van der Waals surface area contributed by atoms with E-state index in [2.05, 4.69) is 12.2 Å². The van der Waals surface area contributed by atoms with Gasteiger partial charge in [0.2, 0.25) is 0 Å². The fourth-order valence-corrected chi connectivity index (χ4v) is 2.02. The van der Waals surface area contributed by atoms with Gasteiger partial charge in [-0.1, -0.05) is 42.8 Å². The van der Waals surface area contributed by atoms with Crippen LogP contribution in [0.4, 0.5) is 0 Å². The molecular weight excluding hydrogens is 274 g/mol. The van der Waals surface area contributed by atoms with Gasteiger partial charge in [0.05, 0.1) is 6.10 Å². The van der Waals surface area contributed by atoms with Crippen molar-refractivity contribution in [1.29, 1.82) is 0 Å².